The topological polar surface area (TPSA) is 23.5 Å². The number of rotatable bonds is 4. The van der Waals surface area contributed by atoms with Crippen LogP contribution in [-0.4, -0.2) is 35.2 Å². The van der Waals surface area contributed by atoms with E-state index in [9.17, 15) is 0 Å². The second-order valence-electron chi connectivity index (χ2n) is 4.35. The summed E-state index contributed by atoms with van der Waals surface area (Å²) >= 11 is 0. The van der Waals surface area contributed by atoms with Gasteiger partial charge in [0.15, 0.2) is 0 Å². The Balaban J connectivity index is 2.41. The fourth-order valence-electron chi connectivity index (χ4n) is 2.39. The van der Waals surface area contributed by atoms with Gasteiger partial charge in [0.05, 0.1) is 6.61 Å². The molecule has 0 bridgehead atoms. The molecule has 0 atom stereocenters. The van der Waals surface area contributed by atoms with Crippen molar-refractivity contribution in [1.82, 2.24) is 4.90 Å². The highest BCUT2D eigenvalue weighted by atomic mass is 16.3. The SMILES string of the molecule is CC(C)N(CCO)C1CCCCC1. The third-order valence-corrected chi connectivity index (χ3v) is 3.07. The van der Waals surface area contributed by atoms with E-state index in [-0.39, 0.29) is 0 Å². The van der Waals surface area contributed by atoms with Gasteiger partial charge in [-0.3, -0.25) is 4.90 Å². The third kappa shape index (κ3) is 3.28. The van der Waals surface area contributed by atoms with E-state index < -0.39 is 0 Å². The molecule has 1 rings (SSSR count). The zero-order valence-electron chi connectivity index (χ0n) is 9.00. The van der Waals surface area contributed by atoms with E-state index in [1.807, 2.05) is 0 Å². The second-order valence-corrected chi connectivity index (χ2v) is 4.35. The van der Waals surface area contributed by atoms with Gasteiger partial charge in [-0.2, -0.15) is 0 Å². The predicted octanol–water partition coefficient (Wildman–Crippen LogP) is 2.02. The van der Waals surface area contributed by atoms with Gasteiger partial charge < -0.3 is 5.11 Å². The van der Waals surface area contributed by atoms with E-state index >= 15 is 0 Å². The van der Waals surface area contributed by atoms with Gasteiger partial charge in [-0.1, -0.05) is 19.3 Å². The van der Waals surface area contributed by atoms with Crippen molar-refractivity contribution in [3.05, 3.63) is 0 Å². The third-order valence-electron chi connectivity index (χ3n) is 3.07. The van der Waals surface area contributed by atoms with E-state index in [0.29, 0.717) is 12.6 Å². The van der Waals surface area contributed by atoms with Crippen molar-refractivity contribution >= 4 is 0 Å². The molecule has 2 nitrogen and oxygen atoms in total. The molecule has 1 N–H and O–H groups in total. The van der Waals surface area contributed by atoms with Crippen LogP contribution in [-0.2, 0) is 0 Å². The molecule has 0 amide bonds. The molecule has 0 aromatic carbocycles. The van der Waals surface area contributed by atoms with Crippen molar-refractivity contribution in [2.45, 2.75) is 58.0 Å². The molecule has 0 aromatic rings. The standard InChI is InChI=1S/C11H23NO/c1-10(2)12(8-9-13)11-6-4-3-5-7-11/h10-11,13H,3-9H2,1-2H3. The summed E-state index contributed by atoms with van der Waals surface area (Å²) < 4.78 is 0. The average Bonchev–Trinajstić information content (AvgIpc) is 2.15. The summed E-state index contributed by atoms with van der Waals surface area (Å²) in [4.78, 5) is 2.46. The summed E-state index contributed by atoms with van der Waals surface area (Å²) in [7, 11) is 0. The van der Waals surface area contributed by atoms with Gasteiger partial charge in [-0.15, -0.1) is 0 Å². The molecule has 1 saturated carbocycles. The zero-order valence-corrected chi connectivity index (χ0v) is 9.00. The average molecular weight is 185 g/mol. The Kier molecular flexibility index (Phi) is 4.74. The zero-order chi connectivity index (χ0) is 9.68. The maximum absolute atomic E-state index is 8.97. The highest BCUT2D eigenvalue weighted by molar-refractivity contribution is 4.77. The molecular weight excluding hydrogens is 162 g/mol. The Morgan fingerprint density at radius 1 is 1.23 bits per heavy atom. The van der Waals surface area contributed by atoms with Crippen molar-refractivity contribution in [1.29, 1.82) is 0 Å². The van der Waals surface area contributed by atoms with Gasteiger partial charge in [-0.25, -0.2) is 0 Å². The highest BCUT2D eigenvalue weighted by Crippen LogP contribution is 2.23. The first-order chi connectivity index (χ1) is 6.25. The maximum Gasteiger partial charge on any atom is 0.0558 e. The van der Waals surface area contributed by atoms with Gasteiger partial charge in [0.25, 0.3) is 0 Å². The first-order valence-electron chi connectivity index (χ1n) is 5.62. The highest BCUT2D eigenvalue weighted by Gasteiger charge is 2.22. The lowest BCUT2D eigenvalue weighted by Crippen LogP contribution is -2.43. The largest absolute Gasteiger partial charge is 0.395 e. The Morgan fingerprint density at radius 3 is 2.31 bits per heavy atom. The molecule has 0 aromatic heterocycles. The fraction of sp³-hybridized carbons (Fsp3) is 1.00. The van der Waals surface area contributed by atoms with E-state index in [0.717, 1.165) is 12.6 Å². The summed E-state index contributed by atoms with van der Waals surface area (Å²) in [5.74, 6) is 0. The van der Waals surface area contributed by atoms with Crippen LogP contribution in [0.15, 0.2) is 0 Å². The molecule has 0 unspecified atom stereocenters. The quantitative estimate of drug-likeness (QED) is 0.724. The van der Waals surface area contributed by atoms with Crippen LogP contribution < -0.4 is 0 Å². The van der Waals surface area contributed by atoms with Gasteiger partial charge in [0.1, 0.15) is 0 Å². The lowest BCUT2D eigenvalue weighted by Gasteiger charge is -2.36. The predicted molar refractivity (Wildman–Crippen MR) is 55.8 cm³/mol. The molecule has 0 radical (unpaired) electrons. The first-order valence-corrected chi connectivity index (χ1v) is 5.62. The van der Waals surface area contributed by atoms with Crippen LogP contribution in [0.5, 0.6) is 0 Å². The molecule has 1 aliphatic carbocycles. The smallest absolute Gasteiger partial charge is 0.0558 e. The number of hydrogen-bond donors (Lipinski definition) is 1. The van der Waals surface area contributed by atoms with Crippen molar-refractivity contribution in [3.63, 3.8) is 0 Å². The van der Waals surface area contributed by atoms with Crippen molar-refractivity contribution < 1.29 is 5.11 Å². The number of nitrogens with zero attached hydrogens (tertiary/aromatic N) is 1. The molecular formula is C11H23NO. The van der Waals surface area contributed by atoms with E-state index in [4.69, 9.17) is 5.11 Å². The van der Waals surface area contributed by atoms with Crippen LogP contribution in [0.2, 0.25) is 0 Å². The van der Waals surface area contributed by atoms with Crippen LogP contribution in [0.1, 0.15) is 46.0 Å². The Morgan fingerprint density at radius 2 is 1.85 bits per heavy atom. The van der Waals surface area contributed by atoms with Crippen LogP contribution >= 0.6 is 0 Å². The van der Waals surface area contributed by atoms with E-state index in [1.165, 1.54) is 32.1 Å². The van der Waals surface area contributed by atoms with Gasteiger partial charge in [0.2, 0.25) is 0 Å². The normalized spacial score (nSPS) is 20.1. The van der Waals surface area contributed by atoms with Crippen molar-refractivity contribution in [3.8, 4) is 0 Å². The molecule has 0 heterocycles. The monoisotopic (exact) mass is 185 g/mol. The van der Waals surface area contributed by atoms with Crippen LogP contribution in [0.3, 0.4) is 0 Å². The fourth-order valence-corrected chi connectivity index (χ4v) is 2.39. The molecule has 0 spiro atoms. The molecule has 2 heteroatoms. The Hall–Kier alpha value is -0.0800. The molecule has 0 aliphatic heterocycles. The maximum atomic E-state index is 8.97. The Bertz CT molecular complexity index is 130. The molecule has 1 fully saturated rings. The molecule has 78 valence electrons. The molecule has 0 saturated heterocycles. The minimum Gasteiger partial charge on any atom is -0.395 e. The number of hydrogen-bond acceptors (Lipinski definition) is 2. The number of aliphatic hydroxyl groups excluding tert-OH is 1. The first kappa shape index (κ1) is 11.0. The lowest BCUT2D eigenvalue weighted by atomic mass is 9.93. The Labute approximate surface area is 81.9 Å². The van der Waals surface area contributed by atoms with Crippen molar-refractivity contribution in [2.75, 3.05) is 13.2 Å². The summed E-state index contributed by atoms with van der Waals surface area (Å²) in [5, 5.41) is 8.97. The van der Waals surface area contributed by atoms with E-state index in [2.05, 4.69) is 18.7 Å². The summed E-state index contributed by atoms with van der Waals surface area (Å²) in [6.07, 6.45) is 6.82. The lowest BCUT2D eigenvalue weighted by molar-refractivity contribution is 0.0946. The molecule has 1 aliphatic rings. The van der Waals surface area contributed by atoms with Gasteiger partial charge in [-0.05, 0) is 26.7 Å². The second kappa shape index (κ2) is 5.61. The summed E-state index contributed by atoms with van der Waals surface area (Å²) in [5.41, 5.74) is 0. The van der Waals surface area contributed by atoms with Crippen LogP contribution in [0.25, 0.3) is 0 Å². The number of aliphatic hydroxyl groups is 1. The van der Waals surface area contributed by atoms with Gasteiger partial charge in [0, 0.05) is 18.6 Å². The molecule has 13 heavy (non-hydrogen) atoms. The minimum atomic E-state index is 0.300. The van der Waals surface area contributed by atoms with Crippen LogP contribution in [0.4, 0.5) is 0 Å². The summed E-state index contributed by atoms with van der Waals surface area (Å²) in [6, 6.07) is 1.32. The van der Waals surface area contributed by atoms with Crippen LogP contribution in [0, 0.1) is 0 Å². The van der Waals surface area contributed by atoms with Crippen molar-refractivity contribution in [2.24, 2.45) is 0 Å². The summed E-state index contributed by atoms with van der Waals surface area (Å²) in [6.45, 7) is 5.60. The minimum absolute atomic E-state index is 0.300. The van der Waals surface area contributed by atoms with Gasteiger partial charge >= 0.3 is 0 Å². The van der Waals surface area contributed by atoms with E-state index in [1.54, 1.807) is 0 Å².